The fourth-order valence-corrected chi connectivity index (χ4v) is 48.4. The molecule has 0 amide bonds. The molecule has 780 valence electrons. The third-order valence-corrected chi connectivity index (χ3v) is 57.6. The molecule has 0 aromatic rings. The van der Waals surface area contributed by atoms with Gasteiger partial charge in [-0.2, -0.15) is 0 Å². The Balaban J connectivity index is 0.000000127. The maximum Gasteiger partial charge on any atom is 0.0948 e. The van der Waals surface area contributed by atoms with Gasteiger partial charge in [0.25, 0.3) is 0 Å². The van der Waals surface area contributed by atoms with Crippen LogP contribution in [0.1, 0.15) is 449 Å². The van der Waals surface area contributed by atoms with Crippen molar-refractivity contribution in [1.82, 2.24) is 0 Å². The molecular weight excluding hydrogens is 1690 g/mol. The average Bonchev–Trinajstić information content (AvgIpc) is 1.21. The van der Waals surface area contributed by atoms with Crippen molar-refractivity contribution in [3.63, 3.8) is 0 Å². The first-order valence-electron chi connectivity index (χ1n) is 59.1. The van der Waals surface area contributed by atoms with Crippen molar-refractivity contribution in [1.29, 1.82) is 0 Å². The van der Waals surface area contributed by atoms with Crippen LogP contribution in [0.3, 0.4) is 0 Å². The van der Waals surface area contributed by atoms with Gasteiger partial charge in [0, 0.05) is 27.1 Å². The maximum atomic E-state index is 11.0. The third kappa shape index (κ3) is 13.9. The van der Waals surface area contributed by atoms with Gasteiger partial charge in [-0.25, -0.2) is 0 Å². The van der Waals surface area contributed by atoms with Crippen LogP contribution in [-0.2, 0) is 9.47 Å². The smallest absolute Gasteiger partial charge is 0.0948 e. The van der Waals surface area contributed by atoms with E-state index in [2.05, 4.69) is 224 Å². The first-order valence-corrected chi connectivity index (χ1v) is 59.1. The molecule has 43 atom stereocenters. The molecule has 138 heavy (non-hydrogen) atoms. The SMILES string of the molecule is C=C(C)[C@@H]1CC[C@]2(C(=C)O)CC[C@]3(C)C(CC[C@@H]4[C@@]5(C)CC[C@H](C)[C@@](C)(CC)[C@@H]5CC[C@]43C)[C@@H]12.C=C(C)[C@@H]1CC[C@]2(C(=C)OC)CC[C@]3(C)C(CC[C@@H]4[C@@]5(C)CC/C(=N\O)[C@@](C)(CO)[C@@H]5CC[C@]43C)[C@@H]12.C=C(C)[C@@H]1CC[C@]2(C(=C)OC)CC[C@]3(C)C(CC[C@@H]4[C@@]5(C)CC[C@H](C)[C@@](C)(CC)[C@@H]5CC[C@]43C)[C@@H]12.C=C(C)[C@@H]1CC[C@]2(CC)CC[C@]3(C)C(CC[C@@H]4[C@@]5(C)CC[C@H](O)[C@@](C)(CO)[C@@H]5CC[C@]43C)[C@@H]12. The van der Waals surface area contributed by atoms with Gasteiger partial charge in [-0.05, 0) is 496 Å². The number of aliphatic hydroxyl groups excluding tert-OH is 4. The standard InChI is InChI=1S/C34H56O.C33H54O.C32H51NO3.C31H52O2/c1-11-30(6)23(4)14-17-31(7)27(30)16-18-33(9)28(31)13-12-26-29-25(22(2)3)15-19-34(29,24(5)35-10)21-20-32(26,33)8;1-10-29(6)22(4)13-16-30(7)26(29)15-17-32(9)27(30)12-11-25-28-24(21(2)3)14-18-33(28,23(5)34)20-19-31(25,32)8;1-20(2)22-11-16-32(21(3)36-8)18-17-30(6)23(27(22)32)9-10-25-28(4)14-13-26(33-35)29(5,19-34)24(28)12-15-31(25,30)7;1-8-31-16-11-21(20(2)3)26(31)22-9-10-24-27(4)14-13-25(33)28(5,19-32)23(27)12-15-30(24,7)29(22,6)17-18-31/h23,25-29H,2,5,11-21H2,1,3-4,6-10H3;22,24-28,34H,2,5,10-20H2,1,3-4,6-9H3;22-25,27,34-35H,1,3,9-19H2,2,4-8H3;21-26,32-33H,2,8-19H2,1,3-7H3/b;;33-26+;/t23-,25-,26?,27-,28+,29+,30+,31-,32+,33+,34+;22-,24-,25?,26-,27+,28+,29+,30-,31+,32+,33+;22-,23?,24+,25+,27+,28-,29-,30+,31+,32+;21-,22?,23+,24+,25-,26+,27-,28-,29+,30+,31+/m0000/s1. The van der Waals surface area contributed by atoms with Crippen LogP contribution in [0.5, 0.6) is 0 Å². The summed E-state index contributed by atoms with van der Waals surface area (Å²) in [6.07, 6.45) is 54.9. The predicted octanol–water partition coefficient (Wildman–Crippen LogP) is 34.6. The largest absolute Gasteiger partial charge is 0.512 e. The van der Waals surface area contributed by atoms with Crippen molar-refractivity contribution in [3.8, 4) is 0 Å². The number of allylic oxidation sites excluding steroid dienone is 7. The lowest BCUT2D eigenvalue weighted by Crippen LogP contribution is -2.67. The van der Waals surface area contributed by atoms with Gasteiger partial charge in [-0.1, -0.05) is 238 Å². The van der Waals surface area contributed by atoms with Crippen molar-refractivity contribution in [2.75, 3.05) is 27.4 Å². The Morgan fingerprint density at radius 2 is 0.630 bits per heavy atom. The number of rotatable bonds is 14. The molecule has 0 aromatic heterocycles. The third-order valence-electron chi connectivity index (χ3n) is 57.6. The summed E-state index contributed by atoms with van der Waals surface area (Å²) in [5.41, 5.74) is 11.7. The monoisotopic (exact) mass is 1900 g/mol. The summed E-state index contributed by atoms with van der Waals surface area (Å²) in [7, 11) is 3.69. The van der Waals surface area contributed by atoms with Gasteiger partial charge < -0.3 is 35.1 Å². The van der Waals surface area contributed by atoms with Crippen molar-refractivity contribution in [2.24, 2.45) is 244 Å². The Morgan fingerprint density at radius 3 is 0.964 bits per heavy atom. The van der Waals surface area contributed by atoms with Crippen LogP contribution < -0.4 is 0 Å². The molecule has 20 rings (SSSR count). The van der Waals surface area contributed by atoms with E-state index < -0.39 is 5.41 Å². The van der Waals surface area contributed by atoms with Gasteiger partial charge >= 0.3 is 0 Å². The molecule has 0 bridgehead atoms. The van der Waals surface area contributed by atoms with Crippen molar-refractivity contribution in [2.45, 2.75) is 455 Å². The van der Waals surface area contributed by atoms with Crippen molar-refractivity contribution in [3.05, 3.63) is 85.6 Å². The van der Waals surface area contributed by atoms with E-state index in [1.165, 1.54) is 253 Å². The number of hydrogen-bond acceptors (Lipinski definition) is 8. The van der Waals surface area contributed by atoms with E-state index in [-0.39, 0.29) is 62.6 Å². The number of aliphatic hydroxyl groups is 4. The quantitative estimate of drug-likeness (QED) is 0.0506. The van der Waals surface area contributed by atoms with Crippen LogP contribution in [0.2, 0.25) is 0 Å². The Kier molecular flexibility index (Phi) is 27.4. The van der Waals surface area contributed by atoms with E-state index in [4.69, 9.17) is 9.47 Å². The lowest BCUT2D eigenvalue weighted by atomic mass is 9.31. The van der Waals surface area contributed by atoms with Crippen LogP contribution in [0, 0.1) is 238 Å². The molecule has 0 spiro atoms. The molecule has 20 fully saturated rings. The maximum absolute atomic E-state index is 11.0. The molecule has 20 aliphatic carbocycles. The summed E-state index contributed by atoms with van der Waals surface area (Å²) in [5, 5.41) is 56.5. The average molecular weight is 1900 g/mol. The van der Waals surface area contributed by atoms with Gasteiger partial charge in [0.15, 0.2) is 0 Å². The van der Waals surface area contributed by atoms with E-state index in [9.17, 15) is 25.6 Å². The Morgan fingerprint density at radius 1 is 0.319 bits per heavy atom. The zero-order chi connectivity index (χ0) is 101. The Hall–Kier alpha value is -3.07. The van der Waals surface area contributed by atoms with E-state index in [0.29, 0.717) is 136 Å². The van der Waals surface area contributed by atoms with E-state index >= 15 is 0 Å². The van der Waals surface area contributed by atoms with Crippen LogP contribution >= 0.6 is 0 Å². The lowest BCUT2D eigenvalue weighted by molar-refractivity contribution is -0.254. The topological polar surface area (TPSA) is 132 Å². The van der Waals surface area contributed by atoms with Crippen LogP contribution in [-0.4, -0.2) is 64.9 Å². The minimum atomic E-state index is -0.421. The summed E-state index contributed by atoms with van der Waals surface area (Å²) in [6.45, 7) is 94.9. The fourth-order valence-electron chi connectivity index (χ4n) is 48.4. The van der Waals surface area contributed by atoms with E-state index in [0.717, 1.165) is 121 Å². The number of oxime groups is 1. The zero-order valence-electron chi connectivity index (χ0n) is 94.5. The summed E-state index contributed by atoms with van der Waals surface area (Å²) < 4.78 is 11.9. The molecular formula is C130H213NO7. The molecule has 8 heteroatoms. The molecule has 0 heterocycles. The predicted molar refractivity (Wildman–Crippen MR) is 576 cm³/mol. The molecule has 20 saturated carbocycles. The highest BCUT2D eigenvalue weighted by molar-refractivity contribution is 5.91. The fraction of sp³-hybridized carbons (Fsp3) is 0.885. The van der Waals surface area contributed by atoms with Crippen LogP contribution in [0.4, 0.5) is 0 Å². The van der Waals surface area contributed by atoms with Gasteiger partial charge in [0.2, 0.25) is 0 Å². The minimum Gasteiger partial charge on any atom is -0.512 e. The molecule has 0 radical (unpaired) electrons. The number of hydrogen-bond donors (Lipinski definition) is 5. The second-order valence-electron chi connectivity index (χ2n) is 59.6. The molecule has 5 N–H and O–H groups in total. The minimum absolute atomic E-state index is 0.0564. The molecule has 20 aliphatic rings. The molecule has 0 aromatic carbocycles. The zero-order valence-corrected chi connectivity index (χ0v) is 94.5. The van der Waals surface area contributed by atoms with Gasteiger partial charge in [0.1, 0.15) is 0 Å². The Labute approximate surface area is 847 Å². The van der Waals surface area contributed by atoms with E-state index in [1.54, 1.807) is 0 Å². The highest BCUT2D eigenvalue weighted by atomic mass is 16.5. The number of ether oxygens (including phenoxy) is 2. The van der Waals surface area contributed by atoms with Crippen molar-refractivity contribution >= 4 is 5.71 Å². The molecule has 0 aliphatic heterocycles. The second kappa shape index (κ2) is 35.6. The Bertz CT molecular complexity index is 4680. The summed E-state index contributed by atoms with van der Waals surface area (Å²) in [4.78, 5) is 0. The van der Waals surface area contributed by atoms with Gasteiger partial charge in [-0.15, -0.1) is 0 Å². The number of fused-ring (bicyclic) bond motifs is 28. The summed E-state index contributed by atoms with van der Waals surface area (Å²) in [6, 6.07) is 0. The van der Waals surface area contributed by atoms with Crippen LogP contribution in [0.15, 0.2) is 90.8 Å². The molecule has 4 unspecified atom stereocenters. The normalized spacial score (nSPS) is 55.7. The van der Waals surface area contributed by atoms with Crippen LogP contribution in [0.25, 0.3) is 0 Å². The molecule has 8 nitrogen and oxygen atoms in total. The summed E-state index contributed by atoms with van der Waals surface area (Å²) in [5.74, 6) is 18.0. The first kappa shape index (κ1) is 106. The van der Waals surface area contributed by atoms with Crippen molar-refractivity contribution < 1.29 is 35.1 Å². The number of methoxy groups -OCH3 is 2. The number of nitrogens with zero attached hydrogens (tertiary/aromatic N) is 1. The lowest BCUT2D eigenvalue weighted by Gasteiger charge is -2.73. The first-order chi connectivity index (χ1) is 64.5. The summed E-state index contributed by atoms with van der Waals surface area (Å²) >= 11 is 0. The van der Waals surface area contributed by atoms with Gasteiger partial charge in [0.05, 0.1) is 56.5 Å². The highest BCUT2D eigenvalue weighted by Crippen LogP contribution is 2.86. The second-order valence-corrected chi connectivity index (χ2v) is 59.6. The van der Waals surface area contributed by atoms with Gasteiger partial charge in [-0.3, -0.25) is 0 Å². The molecule has 0 saturated heterocycles. The van der Waals surface area contributed by atoms with E-state index in [1.807, 2.05) is 14.2 Å². The highest BCUT2D eigenvalue weighted by Gasteiger charge is 2.79.